The molecule has 2 aromatic rings. The molecule has 0 aromatic heterocycles. The van der Waals surface area contributed by atoms with Gasteiger partial charge in [0.2, 0.25) is 5.91 Å². The lowest BCUT2D eigenvalue weighted by molar-refractivity contribution is -0.137. The maximum Gasteiger partial charge on any atom is 0.305 e. The number of benzene rings is 2. The lowest BCUT2D eigenvalue weighted by atomic mass is 10.0. The molecule has 0 radical (unpaired) electrons. The van der Waals surface area contributed by atoms with Gasteiger partial charge in [-0.05, 0) is 42.2 Å². The second-order valence-corrected chi connectivity index (χ2v) is 7.14. The van der Waals surface area contributed by atoms with Crippen molar-refractivity contribution in [2.75, 3.05) is 12.8 Å². The lowest BCUT2D eigenvalue weighted by Crippen LogP contribution is -2.39. The molecule has 30 heavy (non-hydrogen) atoms. The van der Waals surface area contributed by atoms with Crippen molar-refractivity contribution in [2.45, 2.75) is 17.4 Å². The van der Waals surface area contributed by atoms with Gasteiger partial charge in [-0.15, -0.1) is 11.8 Å². The number of hydrogen-bond donors (Lipinski definition) is 5. The molecule has 10 heteroatoms. The molecule has 0 aliphatic carbocycles. The van der Waals surface area contributed by atoms with Crippen LogP contribution in [0.1, 0.15) is 28.4 Å². The molecule has 0 spiro atoms. The topological polar surface area (TPSA) is 160 Å². The fourth-order valence-corrected chi connectivity index (χ4v) is 3.13. The number of rotatable bonds is 9. The summed E-state index contributed by atoms with van der Waals surface area (Å²) < 4.78 is 0. The number of carbonyl (C=O) groups is 3. The molecule has 0 saturated carbocycles. The molecule has 0 fully saturated rings. The van der Waals surface area contributed by atoms with Crippen LogP contribution in [0.5, 0.6) is 0 Å². The third kappa shape index (κ3) is 7.13. The van der Waals surface area contributed by atoms with E-state index in [-0.39, 0.29) is 24.5 Å². The summed E-state index contributed by atoms with van der Waals surface area (Å²) in [6, 6.07) is 12.8. The predicted molar refractivity (Wildman–Crippen MR) is 116 cm³/mol. The largest absolute Gasteiger partial charge is 0.481 e. The monoisotopic (exact) mass is 429 g/mol. The number of amides is 2. The fraction of sp³-hybridized carbons (Fsp3) is 0.200. The van der Waals surface area contributed by atoms with Gasteiger partial charge in [-0.3, -0.25) is 14.4 Å². The van der Waals surface area contributed by atoms with Gasteiger partial charge in [0.1, 0.15) is 0 Å². The van der Waals surface area contributed by atoms with Gasteiger partial charge in [-0.2, -0.15) is 0 Å². The highest BCUT2D eigenvalue weighted by Crippen LogP contribution is 2.22. The first-order valence-corrected chi connectivity index (χ1v) is 10.1. The number of carboxylic acid groups (broad SMARTS) is 1. The Morgan fingerprint density at radius 2 is 1.87 bits per heavy atom. The molecule has 0 saturated heterocycles. The zero-order chi connectivity index (χ0) is 22.1. The van der Waals surface area contributed by atoms with E-state index in [0.29, 0.717) is 11.3 Å². The van der Waals surface area contributed by atoms with Crippen LogP contribution in [0.15, 0.2) is 58.4 Å². The summed E-state index contributed by atoms with van der Waals surface area (Å²) in [7, 11) is 0. The second-order valence-electron chi connectivity index (χ2n) is 6.26. The van der Waals surface area contributed by atoms with E-state index >= 15 is 0 Å². The molecule has 0 heterocycles. The number of nitrogens with zero attached hydrogens (tertiary/aromatic N) is 1. The van der Waals surface area contributed by atoms with Gasteiger partial charge in [0, 0.05) is 10.5 Å². The van der Waals surface area contributed by atoms with Crippen molar-refractivity contribution in [1.29, 1.82) is 0 Å². The van der Waals surface area contributed by atoms with Crippen LogP contribution in [0.2, 0.25) is 0 Å². The molecule has 158 valence electrons. The van der Waals surface area contributed by atoms with Gasteiger partial charge in [0.15, 0.2) is 5.96 Å². The Balaban J connectivity index is 2.02. The third-order valence-electron chi connectivity index (χ3n) is 3.99. The zero-order valence-corrected chi connectivity index (χ0v) is 17.1. The summed E-state index contributed by atoms with van der Waals surface area (Å²) in [6.45, 7) is -0.316. The number of nitrogens with two attached hydrogens (primary N) is 2. The minimum Gasteiger partial charge on any atom is -0.481 e. The number of aliphatic carboxylic acids is 1. The number of carbonyl (C=O) groups excluding carboxylic acids is 2. The van der Waals surface area contributed by atoms with Crippen LogP contribution in [0.3, 0.4) is 0 Å². The first-order chi connectivity index (χ1) is 14.3. The Morgan fingerprint density at radius 1 is 1.13 bits per heavy atom. The van der Waals surface area contributed by atoms with Crippen molar-refractivity contribution in [3.05, 3.63) is 59.7 Å². The van der Waals surface area contributed by atoms with Crippen LogP contribution in [-0.2, 0) is 9.59 Å². The molecule has 0 bridgehead atoms. The smallest absolute Gasteiger partial charge is 0.305 e. The minimum absolute atomic E-state index is 0.137. The van der Waals surface area contributed by atoms with Crippen LogP contribution in [0, 0.1) is 0 Å². The normalized spacial score (nSPS) is 11.2. The van der Waals surface area contributed by atoms with E-state index in [1.54, 1.807) is 30.3 Å². The Morgan fingerprint density at radius 3 is 2.53 bits per heavy atom. The number of guanidine groups is 1. The van der Waals surface area contributed by atoms with Crippen LogP contribution in [0.25, 0.3) is 0 Å². The summed E-state index contributed by atoms with van der Waals surface area (Å²) in [5, 5.41) is 14.3. The standard InChI is InChI=1S/C20H23N5O4S/c1-30-15-7-3-4-12(9-15)16(10-18(27)28)25-17(26)11-23-19(29)13-5-2-6-14(8-13)24-20(21)22/h2-9,16H,10-11H2,1H3,(H,23,29)(H,25,26)(H,27,28)(H4,21,22,24). The Bertz CT molecular complexity index is 960. The van der Waals surface area contributed by atoms with Crippen molar-refractivity contribution in [3.63, 3.8) is 0 Å². The van der Waals surface area contributed by atoms with E-state index in [9.17, 15) is 19.5 Å². The molecule has 2 amide bonds. The van der Waals surface area contributed by atoms with E-state index in [4.69, 9.17) is 11.5 Å². The van der Waals surface area contributed by atoms with Gasteiger partial charge in [-0.25, -0.2) is 4.99 Å². The van der Waals surface area contributed by atoms with Gasteiger partial charge in [-0.1, -0.05) is 18.2 Å². The minimum atomic E-state index is -1.05. The lowest BCUT2D eigenvalue weighted by Gasteiger charge is -2.18. The SMILES string of the molecule is CSc1cccc(C(CC(=O)O)NC(=O)CNC(=O)c2cccc(N=C(N)N)c2)c1. The van der Waals surface area contributed by atoms with Crippen LogP contribution in [-0.4, -0.2) is 41.7 Å². The van der Waals surface area contributed by atoms with Crippen molar-refractivity contribution in [3.8, 4) is 0 Å². The molecule has 7 N–H and O–H groups in total. The summed E-state index contributed by atoms with van der Waals surface area (Å²) in [6.07, 6.45) is 1.62. The Hall–Kier alpha value is -3.53. The maximum atomic E-state index is 12.3. The fourth-order valence-electron chi connectivity index (χ4n) is 2.66. The van der Waals surface area contributed by atoms with Gasteiger partial charge < -0.3 is 27.2 Å². The van der Waals surface area contributed by atoms with Gasteiger partial charge >= 0.3 is 5.97 Å². The Labute approximate surface area is 177 Å². The number of nitrogens with one attached hydrogen (secondary N) is 2. The average Bonchev–Trinajstić information content (AvgIpc) is 2.71. The van der Waals surface area contributed by atoms with Crippen LogP contribution in [0.4, 0.5) is 5.69 Å². The quantitative estimate of drug-likeness (QED) is 0.229. The molecule has 9 nitrogen and oxygen atoms in total. The average molecular weight is 430 g/mol. The van der Waals surface area contributed by atoms with Gasteiger partial charge in [0.25, 0.3) is 5.91 Å². The van der Waals surface area contributed by atoms with Crippen molar-refractivity contribution < 1.29 is 19.5 Å². The number of thioether (sulfide) groups is 1. The first kappa shape index (κ1) is 22.8. The number of hydrogen-bond acceptors (Lipinski definition) is 5. The second kappa shape index (κ2) is 10.9. The van der Waals surface area contributed by atoms with E-state index in [1.165, 1.54) is 17.8 Å². The number of aliphatic imine (C=N–C) groups is 1. The summed E-state index contributed by atoms with van der Waals surface area (Å²) in [4.78, 5) is 40.7. The molecule has 2 aromatic carbocycles. The summed E-state index contributed by atoms with van der Waals surface area (Å²) >= 11 is 1.51. The first-order valence-electron chi connectivity index (χ1n) is 8.91. The third-order valence-corrected chi connectivity index (χ3v) is 4.71. The molecule has 0 aliphatic heterocycles. The molecular formula is C20H23N5O4S. The van der Waals surface area contributed by atoms with Crippen LogP contribution >= 0.6 is 11.8 Å². The summed E-state index contributed by atoms with van der Waals surface area (Å²) in [5.74, 6) is -2.18. The van der Waals surface area contributed by atoms with Gasteiger partial charge in [0.05, 0.1) is 24.7 Å². The highest BCUT2D eigenvalue weighted by molar-refractivity contribution is 7.98. The molecule has 2 rings (SSSR count). The Kier molecular flexibility index (Phi) is 8.24. The van der Waals surface area contributed by atoms with E-state index in [0.717, 1.165) is 4.90 Å². The van der Waals surface area contributed by atoms with E-state index < -0.39 is 23.8 Å². The van der Waals surface area contributed by atoms with E-state index in [2.05, 4.69) is 15.6 Å². The number of carboxylic acids is 1. The van der Waals surface area contributed by atoms with Crippen LogP contribution < -0.4 is 22.1 Å². The molecule has 1 atom stereocenters. The highest BCUT2D eigenvalue weighted by atomic mass is 32.2. The zero-order valence-electron chi connectivity index (χ0n) is 16.3. The maximum absolute atomic E-state index is 12.3. The molecular weight excluding hydrogens is 406 g/mol. The highest BCUT2D eigenvalue weighted by Gasteiger charge is 2.19. The van der Waals surface area contributed by atoms with Crippen molar-refractivity contribution in [1.82, 2.24) is 10.6 Å². The van der Waals surface area contributed by atoms with E-state index in [1.807, 2.05) is 18.4 Å². The predicted octanol–water partition coefficient (Wildman–Crippen LogP) is 1.38. The van der Waals surface area contributed by atoms with Crippen molar-refractivity contribution >= 4 is 41.2 Å². The molecule has 1 unspecified atom stereocenters. The van der Waals surface area contributed by atoms with Crippen molar-refractivity contribution in [2.24, 2.45) is 16.5 Å². The summed E-state index contributed by atoms with van der Waals surface area (Å²) in [5.41, 5.74) is 12.0. The molecule has 0 aliphatic rings.